The van der Waals surface area contributed by atoms with E-state index in [1.165, 1.54) is 56.1 Å². The maximum absolute atomic E-state index is 11.8. The molecule has 5 atom stereocenters. The molecule has 1 nitrogen and oxygen atoms in total. The second-order valence-electron chi connectivity index (χ2n) is 8.12. The molecule has 0 unspecified atom stereocenters. The van der Waals surface area contributed by atoms with E-state index >= 15 is 0 Å². The summed E-state index contributed by atoms with van der Waals surface area (Å²) in [6, 6.07) is 0. The summed E-state index contributed by atoms with van der Waals surface area (Å²) in [5.74, 6) is 3.52. The van der Waals surface area contributed by atoms with Crippen molar-refractivity contribution in [1.82, 2.24) is 0 Å². The second kappa shape index (κ2) is 4.83. The highest BCUT2D eigenvalue weighted by molar-refractivity contribution is 5.93. The Hall–Kier alpha value is -0.850. The van der Waals surface area contributed by atoms with Gasteiger partial charge in [0.15, 0.2) is 5.78 Å². The quantitative estimate of drug-likeness (QED) is 0.614. The summed E-state index contributed by atoms with van der Waals surface area (Å²) in [7, 11) is 0. The average Bonchev–Trinajstić information content (AvgIpc) is 2.90. The summed E-state index contributed by atoms with van der Waals surface area (Å²) >= 11 is 0. The summed E-state index contributed by atoms with van der Waals surface area (Å²) < 4.78 is 0. The lowest BCUT2D eigenvalue weighted by Crippen LogP contribution is -2.45. The van der Waals surface area contributed by atoms with E-state index in [0.29, 0.717) is 23.5 Å². The molecule has 21 heavy (non-hydrogen) atoms. The zero-order valence-electron chi connectivity index (χ0n) is 13.4. The number of fused-ring (bicyclic) bond motifs is 5. The molecule has 0 bridgehead atoms. The van der Waals surface area contributed by atoms with Gasteiger partial charge in [0.1, 0.15) is 0 Å². The second-order valence-corrected chi connectivity index (χ2v) is 8.12. The van der Waals surface area contributed by atoms with Crippen molar-refractivity contribution in [3.63, 3.8) is 0 Å². The molecule has 0 N–H and O–H groups in total. The van der Waals surface area contributed by atoms with Crippen molar-refractivity contribution in [3.8, 4) is 0 Å². The Bertz CT molecular complexity index is 514. The fourth-order valence-corrected chi connectivity index (χ4v) is 6.64. The standard InChI is InChI=1S/C20H28O/c1-3-20-9-4-5-18(20)16-7-6-14-12-15(21)11-13(2)19(14)17(16)8-10-20/h12,16-19H,2-11H2,1H3/t16-,17+,18+,19+,20+/m1/s1. The molecule has 0 aromatic heterocycles. The maximum atomic E-state index is 11.8. The van der Waals surface area contributed by atoms with E-state index < -0.39 is 0 Å². The summed E-state index contributed by atoms with van der Waals surface area (Å²) in [5.41, 5.74) is 3.34. The average molecular weight is 284 g/mol. The third-order valence-electron chi connectivity index (χ3n) is 7.50. The molecule has 1 heteroatoms. The first-order valence-corrected chi connectivity index (χ1v) is 9.05. The third kappa shape index (κ3) is 1.92. The monoisotopic (exact) mass is 284 g/mol. The van der Waals surface area contributed by atoms with Crippen LogP contribution in [0, 0.1) is 29.1 Å². The van der Waals surface area contributed by atoms with Crippen molar-refractivity contribution in [3.05, 3.63) is 23.8 Å². The Morgan fingerprint density at radius 1 is 1.24 bits per heavy atom. The SMILES string of the molecule is C=C1CC(=O)C=C2CC[C@@H]3[C@H](CC[C@]4(CC)CCC[C@@H]34)[C@@H]12. The zero-order chi connectivity index (χ0) is 14.6. The van der Waals surface area contributed by atoms with E-state index in [2.05, 4.69) is 13.5 Å². The lowest BCUT2D eigenvalue weighted by molar-refractivity contribution is -0.114. The molecule has 114 valence electrons. The topological polar surface area (TPSA) is 17.1 Å². The molecule has 0 amide bonds. The number of carbonyl (C=O) groups is 1. The van der Waals surface area contributed by atoms with Crippen molar-refractivity contribution in [2.45, 2.75) is 64.7 Å². The van der Waals surface area contributed by atoms with E-state index in [-0.39, 0.29) is 0 Å². The van der Waals surface area contributed by atoms with Crippen LogP contribution in [0.5, 0.6) is 0 Å². The lowest BCUT2D eigenvalue weighted by atomic mass is 9.51. The van der Waals surface area contributed by atoms with Gasteiger partial charge in [-0.15, -0.1) is 0 Å². The van der Waals surface area contributed by atoms with Crippen LogP contribution in [0.2, 0.25) is 0 Å². The Balaban J connectivity index is 1.67. The van der Waals surface area contributed by atoms with Gasteiger partial charge in [-0.25, -0.2) is 0 Å². The summed E-state index contributed by atoms with van der Waals surface area (Å²) in [5, 5.41) is 0. The number of ketones is 1. The van der Waals surface area contributed by atoms with E-state index in [0.717, 1.165) is 24.2 Å². The van der Waals surface area contributed by atoms with Crippen LogP contribution in [0.25, 0.3) is 0 Å². The van der Waals surface area contributed by atoms with Crippen LogP contribution in [0.1, 0.15) is 64.7 Å². The molecular formula is C20H28O. The molecule has 0 aromatic carbocycles. The van der Waals surface area contributed by atoms with Crippen molar-refractivity contribution in [2.24, 2.45) is 29.1 Å². The highest BCUT2D eigenvalue weighted by atomic mass is 16.1. The highest BCUT2D eigenvalue weighted by Gasteiger charge is 2.54. The highest BCUT2D eigenvalue weighted by Crippen LogP contribution is 2.63. The van der Waals surface area contributed by atoms with Gasteiger partial charge in [0.2, 0.25) is 0 Å². The minimum absolute atomic E-state index is 0.296. The smallest absolute Gasteiger partial charge is 0.159 e. The molecule has 4 aliphatic carbocycles. The molecular weight excluding hydrogens is 256 g/mol. The maximum Gasteiger partial charge on any atom is 0.159 e. The van der Waals surface area contributed by atoms with E-state index in [4.69, 9.17) is 0 Å². The molecule has 0 radical (unpaired) electrons. The molecule has 0 heterocycles. The Morgan fingerprint density at radius 3 is 2.90 bits per heavy atom. The van der Waals surface area contributed by atoms with Crippen LogP contribution < -0.4 is 0 Å². The Kier molecular flexibility index (Phi) is 3.17. The van der Waals surface area contributed by atoms with Gasteiger partial charge in [0.25, 0.3) is 0 Å². The minimum Gasteiger partial charge on any atom is -0.295 e. The molecule has 0 saturated heterocycles. The number of carbonyl (C=O) groups excluding carboxylic acids is 1. The molecule has 4 aliphatic rings. The van der Waals surface area contributed by atoms with Crippen LogP contribution >= 0.6 is 0 Å². The molecule has 4 rings (SSSR count). The van der Waals surface area contributed by atoms with Crippen molar-refractivity contribution in [2.75, 3.05) is 0 Å². The van der Waals surface area contributed by atoms with Crippen molar-refractivity contribution < 1.29 is 4.79 Å². The van der Waals surface area contributed by atoms with Crippen molar-refractivity contribution >= 4 is 5.78 Å². The molecule has 3 fully saturated rings. The number of rotatable bonds is 1. The molecule has 0 aliphatic heterocycles. The van der Waals surface area contributed by atoms with Gasteiger partial charge < -0.3 is 0 Å². The first-order chi connectivity index (χ1) is 10.1. The fraction of sp³-hybridized carbons (Fsp3) is 0.750. The normalized spacial score (nSPS) is 45.7. The zero-order valence-corrected chi connectivity index (χ0v) is 13.4. The molecule has 0 aromatic rings. The van der Waals surface area contributed by atoms with Gasteiger partial charge in [0.05, 0.1) is 0 Å². The predicted molar refractivity (Wildman–Crippen MR) is 85.9 cm³/mol. The lowest BCUT2D eigenvalue weighted by Gasteiger charge is -2.54. The molecule has 0 spiro atoms. The summed E-state index contributed by atoms with van der Waals surface area (Å²) in [4.78, 5) is 11.8. The van der Waals surface area contributed by atoms with E-state index in [1.807, 2.05) is 6.08 Å². The van der Waals surface area contributed by atoms with Crippen LogP contribution in [-0.2, 0) is 4.79 Å². The van der Waals surface area contributed by atoms with Crippen LogP contribution in [0.4, 0.5) is 0 Å². The third-order valence-corrected chi connectivity index (χ3v) is 7.50. The first-order valence-electron chi connectivity index (χ1n) is 9.05. The van der Waals surface area contributed by atoms with Crippen LogP contribution in [0.15, 0.2) is 23.8 Å². The number of allylic oxidation sites excluding steroid dienone is 2. The van der Waals surface area contributed by atoms with Crippen LogP contribution in [-0.4, -0.2) is 5.78 Å². The Morgan fingerprint density at radius 2 is 2.10 bits per heavy atom. The van der Waals surface area contributed by atoms with Gasteiger partial charge in [-0.2, -0.15) is 0 Å². The summed E-state index contributed by atoms with van der Waals surface area (Å²) in [6.45, 7) is 6.72. The minimum atomic E-state index is 0.296. The van der Waals surface area contributed by atoms with Gasteiger partial charge >= 0.3 is 0 Å². The summed E-state index contributed by atoms with van der Waals surface area (Å²) in [6.07, 6.45) is 13.7. The largest absolute Gasteiger partial charge is 0.295 e. The van der Waals surface area contributed by atoms with E-state index in [1.54, 1.807) is 0 Å². The fourth-order valence-electron chi connectivity index (χ4n) is 6.64. The number of hydrogen-bond donors (Lipinski definition) is 0. The van der Waals surface area contributed by atoms with Gasteiger partial charge in [-0.3, -0.25) is 4.79 Å². The van der Waals surface area contributed by atoms with Gasteiger partial charge in [0, 0.05) is 12.3 Å². The van der Waals surface area contributed by atoms with Crippen molar-refractivity contribution in [1.29, 1.82) is 0 Å². The van der Waals surface area contributed by atoms with Crippen LogP contribution in [0.3, 0.4) is 0 Å². The van der Waals surface area contributed by atoms with Gasteiger partial charge in [-0.05, 0) is 67.8 Å². The predicted octanol–water partition coefficient (Wildman–Crippen LogP) is 5.07. The molecule has 3 saturated carbocycles. The first kappa shape index (κ1) is 13.8. The number of hydrogen-bond acceptors (Lipinski definition) is 1. The Labute approximate surface area is 128 Å². The van der Waals surface area contributed by atoms with E-state index in [9.17, 15) is 4.79 Å². The van der Waals surface area contributed by atoms with Gasteiger partial charge in [-0.1, -0.05) is 37.5 Å².